The highest BCUT2D eigenvalue weighted by Gasteiger charge is 2.23. The summed E-state index contributed by atoms with van der Waals surface area (Å²) in [4.78, 5) is 4.89. The SMILES string of the molecule is CC(C)(C)c1ccc(N(c2ccc(C3=CCCC=C3)cc2)c2cc(-c3ccc(-c4ccccc4)cc3)cc(N(c3ccc(C4C=CCCC4)cc3)c3ccc(C(C)(C)C)cc3)c2)cc1. The van der Waals surface area contributed by atoms with Crippen LogP contribution in [-0.2, 0) is 10.8 Å². The van der Waals surface area contributed by atoms with E-state index in [4.69, 9.17) is 0 Å². The summed E-state index contributed by atoms with van der Waals surface area (Å²) in [5.41, 5.74) is 18.0. The van der Waals surface area contributed by atoms with Crippen LogP contribution >= 0.6 is 0 Å². The van der Waals surface area contributed by atoms with E-state index in [1.165, 1.54) is 63.8 Å². The maximum absolute atomic E-state index is 2.45. The molecular formula is C62H62N2. The van der Waals surface area contributed by atoms with Crippen LogP contribution in [0.25, 0.3) is 27.8 Å². The maximum atomic E-state index is 2.45. The fourth-order valence-corrected chi connectivity index (χ4v) is 9.21. The van der Waals surface area contributed by atoms with Gasteiger partial charge in [0.1, 0.15) is 0 Å². The van der Waals surface area contributed by atoms with E-state index >= 15 is 0 Å². The minimum Gasteiger partial charge on any atom is -0.310 e. The molecule has 0 radical (unpaired) electrons. The van der Waals surface area contributed by atoms with Crippen molar-refractivity contribution in [3.63, 3.8) is 0 Å². The van der Waals surface area contributed by atoms with Gasteiger partial charge in [0.2, 0.25) is 0 Å². The Labute approximate surface area is 383 Å². The van der Waals surface area contributed by atoms with E-state index in [-0.39, 0.29) is 10.8 Å². The zero-order chi connectivity index (χ0) is 44.3. The Kier molecular flexibility index (Phi) is 12.1. The number of benzene rings is 7. The van der Waals surface area contributed by atoms with E-state index in [0.29, 0.717) is 5.92 Å². The highest BCUT2D eigenvalue weighted by Crippen LogP contribution is 2.45. The Morgan fingerprint density at radius 3 is 1.34 bits per heavy atom. The third-order valence-corrected chi connectivity index (χ3v) is 13.0. The van der Waals surface area contributed by atoms with Crippen molar-refractivity contribution in [2.24, 2.45) is 0 Å². The van der Waals surface area contributed by atoms with Gasteiger partial charge in [-0.05, 0) is 160 Å². The van der Waals surface area contributed by atoms with Crippen molar-refractivity contribution < 1.29 is 0 Å². The summed E-state index contributed by atoms with van der Waals surface area (Å²) >= 11 is 0. The summed E-state index contributed by atoms with van der Waals surface area (Å²) < 4.78 is 0. The van der Waals surface area contributed by atoms with Crippen LogP contribution in [0.15, 0.2) is 200 Å². The first-order valence-electron chi connectivity index (χ1n) is 23.3. The molecule has 7 aromatic rings. The van der Waals surface area contributed by atoms with Crippen LogP contribution in [0.5, 0.6) is 0 Å². The highest BCUT2D eigenvalue weighted by atomic mass is 15.2. The number of anilines is 6. The Balaban J connectivity index is 1.24. The Hall–Kier alpha value is -6.64. The van der Waals surface area contributed by atoms with E-state index in [1.54, 1.807) is 0 Å². The third-order valence-electron chi connectivity index (χ3n) is 13.0. The standard InChI is InChI=1S/C62H62N2/c1-61(2,3)53-30-38-57(39-31-53)63(55-34-26-49(27-35-55)46-18-12-8-13-19-46)59-42-52(51-24-22-48(23-25-51)45-16-10-7-11-17-45)43-60(44-59)64(58-40-32-54(33-41-58)62(4,5)6)56-36-28-50(29-37-56)47-20-14-9-15-21-47/h7,10-12,14,16-20,22-44,47H,8-9,13,15,21H2,1-6H3. The lowest BCUT2D eigenvalue weighted by atomic mass is 9.87. The zero-order valence-corrected chi connectivity index (χ0v) is 38.6. The monoisotopic (exact) mass is 834 g/mol. The molecule has 0 spiro atoms. The van der Waals surface area contributed by atoms with Crippen molar-refractivity contribution in [3.8, 4) is 22.3 Å². The van der Waals surface area contributed by atoms with Gasteiger partial charge >= 0.3 is 0 Å². The van der Waals surface area contributed by atoms with Crippen LogP contribution in [0.4, 0.5) is 34.1 Å². The molecule has 0 fully saturated rings. The van der Waals surface area contributed by atoms with Gasteiger partial charge < -0.3 is 9.80 Å². The summed E-state index contributed by atoms with van der Waals surface area (Å²) in [6.07, 6.45) is 17.5. The van der Waals surface area contributed by atoms with Gasteiger partial charge in [-0.2, -0.15) is 0 Å². The van der Waals surface area contributed by atoms with Crippen LogP contribution in [0, 0.1) is 0 Å². The molecule has 1 atom stereocenters. The minimum absolute atomic E-state index is 0.0388. The number of hydrogen-bond acceptors (Lipinski definition) is 2. The molecule has 0 aromatic heterocycles. The first kappa shape index (κ1) is 42.7. The summed E-state index contributed by atoms with van der Waals surface area (Å²) in [6.45, 7) is 13.7. The molecule has 2 aliphatic rings. The van der Waals surface area contributed by atoms with E-state index in [2.05, 4.69) is 252 Å². The van der Waals surface area contributed by atoms with E-state index in [0.717, 1.165) is 52.5 Å². The van der Waals surface area contributed by atoms with Crippen LogP contribution in [0.2, 0.25) is 0 Å². The maximum Gasteiger partial charge on any atom is 0.0488 e. The summed E-state index contributed by atoms with van der Waals surface area (Å²) in [7, 11) is 0. The predicted molar refractivity (Wildman–Crippen MR) is 276 cm³/mol. The Bertz CT molecular complexity index is 2760. The molecule has 64 heavy (non-hydrogen) atoms. The van der Waals surface area contributed by atoms with Crippen molar-refractivity contribution in [3.05, 3.63) is 222 Å². The van der Waals surface area contributed by atoms with E-state index in [9.17, 15) is 0 Å². The molecule has 0 saturated heterocycles. The second kappa shape index (κ2) is 18.2. The highest BCUT2D eigenvalue weighted by molar-refractivity contribution is 5.88. The van der Waals surface area contributed by atoms with Crippen LogP contribution in [0.3, 0.4) is 0 Å². The van der Waals surface area contributed by atoms with Gasteiger partial charge in [0.25, 0.3) is 0 Å². The number of allylic oxidation sites excluding steroid dienone is 6. The molecule has 0 aliphatic heterocycles. The molecule has 0 N–H and O–H groups in total. The van der Waals surface area contributed by atoms with Gasteiger partial charge in [0, 0.05) is 40.0 Å². The first-order chi connectivity index (χ1) is 31.0. The van der Waals surface area contributed by atoms with Crippen molar-refractivity contribution in [2.45, 2.75) is 90.4 Å². The van der Waals surface area contributed by atoms with Gasteiger partial charge in [-0.25, -0.2) is 0 Å². The second-order valence-electron chi connectivity index (χ2n) is 19.7. The summed E-state index contributed by atoms with van der Waals surface area (Å²) in [5, 5.41) is 0. The summed E-state index contributed by atoms with van der Waals surface area (Å²) in [5.74, 6) is 0.464. The average molecular weight is 835 g/mol. The smallest absolute Gasteiger partial charge is 0.0488 e. The molecule has 7 aromatic carbocycles. The molecule has 0 amide bonds. The van der Waals surface area contributed by atoms with Gasteiger partial charge in [0.15, 0.2) is 0 Å². The molecule has 2 aliphatic carbocycles. The molecule has 2 nitrogen and oxygen atoms in total. The number of nitrogens with zero attached hydrogens (tertiary/aromatic N) is 2. The molecule has 0 bridgehead atoms. The van der Waals surface area contributed by atoms with Crippen LogP contribution in [0.1, 0.15) is 102 Å². The fourth-order valence-electron chi connectivity index (χ4n) is 9.21. The summed E-state index contributed by atoms with van der Waals surface area (Å²) in [6, 6.07) is 63.8. The number of rotatable bonds is 10. The lowest BCUT2D eigenvalue weighted by Crippen LogP contribution is -2.15. The molecule has 1 unspecified atom stereocenters. The molecule has 0 heterocycles. The number of hydrogen-bond donors (Lipinski definition) is 0. The van der Waals surface area contributed by atoms with Crippen molar-refractivity contribution >= 4 is 39.7 Å². The molecular weight excluding hydrogens is 773 g/mol. The van der Waals surface area contributed by atoms with Gasteiger partial charge in [-0.1, -0.05) is 175 Å². The predicted octanol–water partition coefficient (Wildman–Crippen LogP) is 18.1. The normalized spacial score (nSPS) is 15.2. The first-order valence-corrected chi connectivity index (χ1v) is 23.3. The topological polar surface area (TPSA) is 6.48 Å². The van der Waals surface area contributed by atoms with Crippen molar-refractivity contribution in [2.75, 3.05) is 9.80 Å². The van der Waals surface area contributed by atoms with Crippen LogP contribution in [-0.4, -0.2) is 0 Å². The van der Waals surface area contributed by atoms with Gasteiger partial charge in [-0.3, -0.25) is 0 Å². The zero-order valence-electron chi connectivity index (χ0n) is 38.6. The van der Waals surface area contributed by atoms with Crippen molar-refractivity contribution in [1.82, 2.24) is 0 Å². The third kappa shape index (κ3) is 9.48. The van der Waals surface area contributed by atoms with E-state index < -0.39 is 0 Å². The molecule has 320 valence electrons. The van der Waals surface area contributed by atoms with Crippen molar-refractivity contribution in [1.29, 1.82) is 0 Å². The van der Waals surface area contributed by atoms with Gasteiger partial charge in [0.05, 0.1) is 0 Å². The van der Waals surface area contributed by atoms with Crippen LogP contribution < -0.4 is 9.80 Å². The van der Waals surface area contributed by atoms with Gasteiger partial charge in [-0.15, -0.1) is 0 Å². The van der Waals surface area contributed by atoms with E-state index in [1.807, 2.05) is 0 Å². The Morgan fingerprint density at radius 2 is 0.875 bits per heavy atom. The fraction of sp³-hybridized carbons (Fsp3) is 0.226. The largest absolute Gasteiger partial charge is 0.310 e. The molecule has 0 saturated carbocycles. The lowest BCUT2D eigenvalue weighted by Gasteiger charge is -2.31. The minimum atomic E-state index is 0.0388. The Morgan fingerprint density at radius 1 is 0.406 bits per heavy atom. The average Bonchev–Trinajstić information content (AvgIpc) is 3.33. The molecule has 9 rings (SSSR count). The second-order valence-corrected chi connectivity index (χ2v) is 19.7. The molecule has 2 heteroatoms. The lowest BCUT2D eigenvalue weighted by molar-refractivity contribution is 0.590. The quantitative estimate of drug-likeness (QED) is 0.127.